The highest BCUT2D eigenvalue weighted by molar-refractivity contribution is 7.91. The van der Waals surface area contributed by atoms with Gasteiger partial charge in [-0.25, -0.2) is 18.1 Å². The smallest absolute Gasteiger partial charge is 0.223 e. The molecule has 1 N–H and O–H groups in total. The zero-order chi connectivity index (χ0) is 16.4. The van der Waals surface area contributed by atoms with Crippen molar-refractivity contribution in [1.29, 1.82) is 0 Å². The minimum atomic E-state index is -3.82. The number of aliphatic hydroxyl groups excluding tert-OH is 1. The van der Waals surface area contributed by atoms with Crippen LogP contribution in [0.4, 0.5) is 0 Å². The molecule has 0 aliphatic heterocycles. The molecule has 0 unspecified atom stereocenters. The summed E-state index contributed by atoms with van der Waals surface area (Å²) in [6.07, 6.45) is 1.49. The molecule has 0 atom stereocenters. The van der Waals surface area contributed by atoms with Gasteiger partial charge >= 0.3 is 0 Å². The van der Waals surface area contributed by atoms with Gasteiger partial charge in [-0.15, -0.1) is 0 Å². The van der Waals surface area contributed by atoms with Crippen molar-refractivity contribution >= 4 is 21.4 Å². The maximum absolute atomic E-state index is 12.9. The van der Waals surface area contributed by atoms with Crippen LogP contribution in [0.15, 0.2) is 64.6 Å². The van der Waals surface area contributed by atoms with Crippen LogP contribution in [-0.2, 0) is 16.4 Å². The maximum Gasteiger partial charge on any atom is 0.223 e. The first-order chi connectivity index (χ1) is 11.0. The Balaban J connectivity index is 2.25. The second-order valence-corrected chi connectivity index (χ2v) is 6.93. The number of aromatic nitrogens is 3. The normalized spacial score (nSPS) is 11.6. The molecule has 0 bridgehead atoms. The Hall–Kier alpha value is -2.22. The van der Waals surface area contributed by atoms with E-state index in [4.69, 9.17) is 11.6 Å². The molecule has 23 heavy (non-hydrogen) atoms. The van der Waals surface area contributed by atoms with Gasteiger partial charge in [0, 0.05) is 12.3 Å². The van der Waals surface area contributed by atoms with E-state index in [1.54, 1.807) is 30.3 Å². The zero-order valence-electron chi connectivity index (χ0n) is 11.8. The lowest BCUT2D eigenvalue weighted by molar-refractivity contribution is 0.276. The average molecular weight is 350 g/mol. The van der Waals surface area contributed by atoms with Crippen LogP contribution in [-0.4, -0.2) is 28.3 Å². The van der Waals surface area contributed by atoms with E-state index in [9.17, 15) is 13.5 Å². The van der Waals surface area contributed by atoms with Gasteiger partial charge in [0.2, 0.25) is 9.84 Å². The summed E-state index contributed by atoms with van der Waals surface area (Å²) in [6, 6.07) is 12.6. The van der Waals surface area contributed by atoms with E-state index < -0.39 is 9.84 Å². The molecule has 6 nitrogen and oxygen atoms in total. The Morgan fingerprint density at radius 2 is 1.87 bits per heavy atom. The van der Waals surface area contributed by atoms with Crippen LogP contribution < -0.4 is 0 Å². The van der Waals surface area contributed by atoms with Gasteiger partial charge in [0.15, 0.2) is 10.2 Å². The van der Waals surface area contributed by atoms with E-state index in [0.29, 0.717) is 5.69 Å². The first kappa shape index (κ1) is 15.7. The lowest BCUT2D eigenvalue weighted by Gasteiger charge is -2.09. The van der Waals surface area contributed by atoms with Crippen molar-refractivity contribution < 1.29 is 13.5 Å². The monoisotopic (exact) mass is 349 g/mol. The highest BCUT2D eigenvalue weighted by Gasteiger charge is 2.25. The van der Waals surface area contributed by atoms with Crippen molar-refractivity contribution in [2.45, 2.75) is 16.5 Å². The second-order valence-electron chi connectivity index (χ2n) is 4.67. The van der Waals surface area contributed by atoms with Crippen molar-refractivity contribution in [3.05, 3.63) is 65.6 Å². The summed E-state index contributed by atoms with van der Waals surface area (Å²) >= 11 is 6.05. The number of pyridine rings is 1. The molecule has 2 heterocycles. The molecule has 2 aromatic heterocycles. The van der Waals surface area contributed by atoms with E-state index in [0.717, 1.165) is 0 Å². The number of sulfone groups is 1. The molecule has 0 spiro atoms. The fraction of sp³-hybridized carbons (Fsp3) is 0.0667. The largest absolute Gasteiger partial charge is 0.390 e. The summed E-state index contributed by atoms with van der Waals surface area (Å²) in [7, 11) is -3.82. The van der Waals surface area contributed by atoms with Crippen LogP contribution >= 0.6 is 11.6 Å². The molecule has 0 saturated carbocycles. The fourth-order valence-corrected chi connectivity index (χ4v) is 3.72. The molecule has 0 radical (unpaired) electrons. The molecule has 3 aromatic rings. The minimum Gasteiger partial charge on any atom is -0.390 e. The van der Waals surface area contributed by atoms with E-state index in [-0.39, 0.29) is 27.4 Å². The molecule has 1 aromatic carbocycles. The molecule has 0 fully saturated rings. The third-order valence-electron chi connectivity index (χ3n) is 3.19. The summed E-state index contributed by atoms with van der Waals surface area (Å²) in [5.74, 6) is 0. The number of benzene rings is 1. The van der Waals surface area contributed by atoms with Crippen LogP contribution in [0.3, 0.4) is 0 Å². The quantitative estimate of drug-likeness (QED) is 0.730. The molecule has 0 amide bonds. The topological polar surface area (TPSA) is 85.1 Å². The number of nitrogens with zero attached hydrogens (tertiary/aromatic N) is 3. The fourth-order valence-electron chi connectivity index (χ4n) is 2.11. The second kappa shape index (κ2) is 6.11. The molecular weight excluding hydrogens is 338 g/mol. The summed E-state index contributed by atoms with van der Waals surface area (Å²) in [4.78, 5) is 4.06. The Morgan fingerprint density at radius 3 is 2.52 bits per heavy atom. The van der Waals surface area contributed by atoms with E-state index in [1.165, 1.54) is 29.1 Å². The van der Waals surface area contributed by atoms with Crippen LogP contribution in [0.1, 0.15) is 5.69 Å². The van der Waals surface area contributed by atoms with Crippen molar-refractivity contribution in [3.8, 4) is 5.69 Å². The van der Waals surface area contributed by atoms with E-state index >= 15 is 0 Å². The number of aliphatic hydroxyl groups is 1. The molecule has 3 rings (SSSR count). The van der Waals surface area contributed by atoms with E-state index in [2.05, 4.69) is 10.1 Å². The molecule has 118 valence electrons. The maximum atomic E-state index is 12.9. The van der Waals surface area contributed by atoms with Gasteiger partial charge < -0.3 is 5.11 Å². The van der Waals surface area contributed by atoms with Gasteiger partial charge in [0.1, 0.15) is 5.69 Å². The van der Waals surface area contributed by atoms with E-state index in [1.807, 2.05) is 0 Å². The SMILES string of the molecule is O=S(=O)(c1ccccc1)c1cc(CO)nn1-c1cccnc1Cl. The molecular formula is C15H12ClN3O3S. The number of hydrogen-bond acceptors (Lipinski definition) is 5. The van der Waals surface area contributed by atoms with Crippen molar-refractivity contribution in [2.75, 3.05) is 0 Å². The van der Waals surface area contributed by atoms with Crippen molar-refractivity contribution in [3.63, 3.8) is 0 Å². The van der Waals surface area contributed by atoms with Gasteiger partial charge in [-0.2, -0.15) is 5.10 Å². The highest BCUT2D eigenvalue weighted by atomic mass is 35.5. The van der Waals surface area contributed by atoms with Gasteiger partial charge in [-0.05, 0) is 24.3 Å². The van der Waals surface area contributed by atoms with Gasteiger partial charge in [0.25, 0.3) is 0 Å². The third kappa shape index (κ3) is 2.86. The van der Waals surface area contributed by atoms with Crippen molar-refractivity contribution in [2.24, 2.45) is 0 Å². The van der Waals surface area contributed by atoms with Crippen LogP contribution in [0.5, 0.6) is 0 Å². The Kier molecular flexibility index (Phi) is 4.16. The number of halogens is 1. The summed E-state index contributed by atoms with van der Waals surface area (Å²) in [5, 5.41) is 13.5. The van der Waals surface area contributed by atoms with Crippen LogP contribution in [0, 0.1) is 0 Å². The minimum absolute atomic E-state index is 0.0809. The molecule has 0 aliphatic rings. The lowest BCUT2D eigenvalue weighted by atomic mass is 10.4. The Bertz CT molecular complexity index is 940. The Morgan fingerprint density at radius 1 is 1.13 bits per heavy atom. The molecule has 0 aliphatic carbocycles. The predicted molar refractivity (Wildman–Crippen MR) is 84.2 cm³/mol. The third-order valence-corrected chi connectivity index (χ3v) is 5.21. The summed E-state index contributed by atoms with van der Waals surface area (Å²) < 4.78 is 26.9. The molecule has 8 heteroatoms. The zero-order valence-corrected chi connectivity index (χ0v) is 13.4. The average Bonchev–Trinajstić information content (AvgIpc) is 3.01. The van der Waals surface area contributed by atoms with Crippen molar-refractivity contribution in [1.82, 2.24) is 14.8 Å². The first-order valence-electron chi connectivity index (χ1n) is 6.65. The highest BCUT2D eigenvalue weighted by Crippen LogP contribution is 2.26. The predicted octanol–water partition coefficient (Wildman–Crippen LogP) is 2.25. The molecule has 0 saturated heterocycles. The number of rotatable bonds is 4. The first-order valence-corrected chi connectivity index (χ1v) is 8.51. The van der Waals surface area contributed by atoms with Gasteiger partial charge in [-0.3, -0.25) is 0 Å². The summed E-state index contributed by atoms with van der Waals surface area (Å²) in [6.45, 7) is -0.387. The van der Waals surface area contributed by atoms with Crippen LogP contribution in [0.2, 0.25) is 5.15 Å². The van der Waals surface area contributed by atoms with Crippen LogP contribution in [0.25, 0.3) is 5.69 Å². The number of hydrogen-bond donors (Lipinski definition) is 1. The van der Waals surface area contributed by atoms with Gasteiger partial charge in [0.05, 0.1) is 17.2 Å². The van der Waals surface area contributed by atoms with Gasteiger partial charge in [-0.1, -0.05) is 29.8 Å². The lowest BCUT2D eigenvalue weighted by Crippen LogP contribution is -2.10. The standard InChI is InChI=1S/C15H12ClN3O3S/c16-15-13(7-4-8-17-15)19-14(9-11(10-20)18-19)23(21,22)12-5-2-1-3-6-12/h1-9,20H,10H2. The summed E-state index contributed by atoms with van der Waals surface area (Å²) in [5.41, 5.74) is 0.544. The Labute approximate surface area is 137 Å².